The van der Waals surface area contributed by atoms with Crippen LogP contribution in [0.1, 0.15) is 43.7 Å². The van der Waals surface area contributed by atoms with Gasteiger partial charge in [0.25, 0.3) is 0 Å². The zero-order valence-electron chi connectivity index (χ0n) is 15.7. The molecule has 0 saturated heterocycles. The van der Waals surface area contributed by atoms with Gasteiger partial charge >= 0.3 is 5.76 Å². The predicted molar refractivity (Wildman–Crippen MR) is 105 cm³/mol. The Kier molecular flexibility index (Phi) is 4.60. The highest BCUT2D eigenvalue weighted by molar-refractivity contribution is 5.80. The Morgan fingerprint density at radius 1 is 1.15 bits per heavy atom. The van der Waals surface area contributed by atoms with Crippen LogP contribution in [0.3, 0.4) is 0 Å². The summed E-state index contributed by atoms with van der Waals surface area (Å²) >= 11 is 0. The number of rotatable bonds is 6. The SMILES string of the molecule is CC(C)c1ccc(CN(C(=O)Cn2c(=O)oc3ccccc32)C2CC2)cc1. The van der Waals surface area contributed by atoms with Gasteiger partial charge in [-0.3, -0.25) is 9.36 Å². The molecule has 1 amide bonds. The number of carbonyl (C=O) groups is 1. The highest BCUT2D eigenvalue weighted by Crippen LogP contribution is 2.29. The van der Waals surface area contributed by atoms with Gasteiger partial charge in [-0.05, 0) is 42.0 Å². The van der Waals surface area contributed by atoms with Crippen molar-refractivity contribution >= 4 is 17.0 Å². The monoisotopic (exact) mass is 364 g/mol. The fourth-order valence-electron chi connectivity index (χ4n) is 3.40. The first-order chi connectivity index (χ1) is 13.0. The van der Waals surface area contributed by atoms with Gasteiger partial charge in [-0.1, -0.05) is 50.2 Å². The number of fused-ring (bicyclic) bond motifs is 1. The van der Waals surface area contributed by atoms with E-state index in [0.29, 0.717) is 23.6 Å². The number of aromatic nitrogens is 1. The predicted octanol–water partition coefficient (Wildman–Crippen LogP) is 3.91. The Balaban J connectivity index is 1.54. The third-order valence-corrected chi connectivity index (χ3v) is 5.17. The third kappa shape index (κ3) is 3.68. The summed E-state index contributed by atoms with van der Waals surface area (Å²) in [7, 11) is 0. The van der Waals surface area contributed by atoms with Gasteiger partial charge in [0.1, 0.15) is 6.54 Å². The molecule has 1 heterocycles. The second-order valence-electron chi connectivity index (χ2n) is 7.57. The molecule has 0 radical (unpaired) electrons. The van der Waals surface area contributed by atoms with Crippen molar-refractivity contribution in [2.75, 3.05) is 0 Å². The highest BCUT2D eigenvalue weighted by atomic mass is 16.4. The molecule has 1 fully saturated rings. The van der Waals surface area contributed by atoms with Crippen LogP contribution >= 0.6 is 0 Å². The molecule has 140 valence electrons. The second kappa shape index (κ2) is 7.06. The van der Waals surface area contributed by atoms with Gasteiger partial charge in [-0.2, -0.15) is 0 Å². The molecule has 1 aliphatic carbocycles. The van der Waals surface area contributed by atoms with E-state index >= 15 is 0 Å². The van der Waals surface area contributed by atoms with E-state index < -0.39 is 5.76 Å². The number of hydrogen-bond acceptors (Lipinski definition) is 3. The van der Waals surface area contributed by atoms with Crippen LogP contribution in [0.2, 0.25) is 0 Å². The zero-order chi connectivity index (χ0) is 19.0. The van der Waals surface area contributed by atoms with Crippen molar-refractivity contribution in [3.8, 4) is 0 Å². The summed E-state index contributed by atoms with van der Waals surface area (Å²) in [6.07, 6.45) is 2.05. The number of benzene rings is 2. The number of amides is 1. The van der Waals surface area contributed by atoms with Crippen LogP contribution in [0.15, 0.2) is 57.7 Å². The summed E-state index contributed by atoms with van der Waals surface area (Å²) in [5.74, 6) is -0.0397. The Bertz CT molecular complexity index is 1010. The average Bonchev–Trinajstić information content (AvgIpc) is 3.45. The molecule has 1 aromatic heterocycles. The van der Waals surface area contributed by atoms with Gasteiger partial charge in [0, 0.05) is 12.6 Å². The average molecular weight is 364 g/mol. The minimum absolute atomic E-state index is 0.0103. The fourth-order valence-corrected chi connectivity index (χ4v) is 3.40. The molecular weight excluding hydrogens is 340 g/mol. The first kappa shape index (κ1) is 17.6. The van der Waals surface area contributed by atoms with E-state index in [1.165, 1.54) is 10.1 Å². The van der Waals surface area contributed by atoms with E-state index in [9.17, 15) is 9.59 Å². The summed E-state index contributed by atoms with van der Waals surface area (Å²) in [4.78, 5) is 27.1. The van der Waals surface area contributed by atoms with E-state index in [-0.39, 0.29) is 18.5 Å². The zero-order valence-corrected chi connectivity index (χ0v) is 15.7. The van der Waals surface area contributed by atoms with Crippen LogP contribution in [0.25, 0.3) is 11.1 Å². The van der Waals surface area contributed by atoms with Crippen LogP contribution in [0.4, 0.5) is 0 Å². The van der Waals surface area contributed by atoms with Crippen molar-refractivity contribution in [2.24, 2.45) is 0 Å². The normalized spacial score (nSPS) is 14.0. The Hall–Kier alpha value is -2.82. The molecule has 5 nitrogen and oxygen atoms in total. The number of nitrogens with zero attached hydrogens (tertiary/aromatic N) is 2. The lowest BCUT2D eigenvalue weighted by Gasteiger charge is -2.23. The van der Waals surface area contributed by atoms with E-state index in [4.69, 9.17) is 4.42 Å². The van der Waals surface area contributed by atoms with E-state index in [1.807, 2.05) is 17.0 Å². The molecule has 2 aromatic carbocycles. The van der Waals surface area contributed by atoms with E-state index in [0.717, 1.165) is 18.4 Å². The summed E-state index contributed by atoms with van der Waals surface area (Å²) < 4.78 is 6.67. The Morgan fingerprint density at radius 3 is 2.52 bits per heavy atom. The maximum Gasteiger partial charge on any atom is 0.420 e. The van der Waals surface area contributed by atoms with Gasteiger partial charge in [-0.15, -0.1) is 0 Å². The molecule has 1 aliphatic rings. The molecule has 1 saturated carbocycles. The Morgan fingerprint density at radius 2 is 1.85 bits per heavy atom. The van der Waals surface area contributed by atoms with Gasteiger partial charge < -0.3 is 9.32 Å². The minimum Gasteiger partial charge on any atom is -0.408 e. The quantitative estimate of drug-likeness (QED) is 0.666. The van der Waals surface area contributed by atoms with Crippen LogP contribution in [-0.2, 0) is 17.9 Å². The summed E-state index contributed by atoms with van der Waals surface area (Å²) in [5, 5.41) is 0. The number of hydrogen-bond donors (Lipinski definition) is 0. The first-order valence-electron chi connectivity index (χ1n) is 9.49. The molecule has 5 heteroatoms. The molecule has 27 heavy (non-hydrogen) atoms. The smallest absolute Gasteiger partial charge is 0.408 e. The van der Waals surface area contributed by atoms with Crippen LogP contribution in [0, 0.1) is 0 Å². The van der Waals surface area contributed by atoms with Gasteiger partial charge in [0.15, 0.2) is 5.58 Å². The van der Waals surface area contributed by atoms with Crippen molar-refractivity contribution < 1.29 is 9.21 Å². The summed E-state index contributed by atoms with van der Waals surface area (Å²) in [6, 6.07) is 15.9. The minimum atomic E-state index is -0.485. The van der Waals surface area contributed by atoms with E-state index in [1.54, 1.807) is 12.1 Å². The van der Waals surface area contributed by atoms with Crippen LogP contribution in [0.5, 0.6) is 0 Å². The molecule has 0 bridgehead atoms. The largest absolute Gasteiger partial charge is 0.420 e. The van der Waals surface area contributed by atoms with Gasteiger partial charge in [-0.25, -0.2) is 4.79 Å². The van der Waals surface area contributed by atoms with Crippen molar-refractivity contribution in [1.82, 2.24) is 9.47 Å². The van der Waals surface area contributed by atoms with Crippen LogP contribution in [-0.4, -0.2) is 21.4 Å². The van der Waals surface area contributed by atoms with E-state index in [2.05, 4.69) is 38.1 Å². The van der Waals surface area contributed by atoms with Crippen LogP contribution < -0.4 is 5.76 Å². The van der Waals surface area contributed by atoms with Crippen molar-refractivity contribution in [1.29, 1.82) is 0 Å². The molecule has 4 rings (SSSR count). The lowest BCUT2D eigenvalue weighted by Crippen LogP contribution is -2.36. The number of para-hydroxylation sites is 2. The molecule has 0 aliphatic heterocycles. The van der Waals surface area contributed by atoms with Crippen molar-refractivity contribution in [3.05, 3.63) is 70.2 Å². The van der Waals surface area contributed by atoms with Crippen molar-refractivity contribution in [3.63, 3.8) is 0 Å². The molecular formula is C22H24N2O3. The molecule has 0 N–H and O–H groups in total. The fraction of sp³-hybridized carbons (Fsp3) is 0.364. The second-order valence-corrected chi connectivity index (χ2v) is 7.57. The highest BCUT2D eigenvalue weighted by Gasteiger charge is 2.33. The van der Waals surface area contributed by atoms with Gasteiger partial charge in [0.05, 0.1) is 5.52 Å². The first-order valence-corrected chi connectivity index (χ1v) is 9.49. The standard InChI is InChI=1S/C22H24N2O3/c1-15(2)17-9-7-16(8-10-17)13-23(18-11-12-18)21(25)14-24-19-5-3-4-6-20(19)27-22(24)26/h3-10,15,18H,11-14H2,1-2H3. The van der Waals surface area contributed by atoms with Crippen molar-refractivity contribution in [2.45, 2.75) is 51.7 Å². The van der Waals surface area contributed by atoms with Gasteiger partial charge in [0.2, 0.25) is 5.91 Å². The maximum absolute atomic E-state index is 13.0. The Labute approximate surface area is 158 Å². The number of oxazole rings is 1. The number of carbonyl (C=O) groups excluding carboxylic acids is 1. The lowest BCUT2D eigenvalue weighted by molar-refractivity contribution is -0.133. The molecule has 0 spiro atoms. The molecule has 3 aromatic rings. The topological polar surface area (TPSA) is 55.5 Å². The maximum atomic E-state index is 13.0. The molecule has 0 atom stereocenters. The lowest BCUT2D eigenvalue weighted by atomic mass is 10.0. The summed E-state index contributed by atoms with van der Waals surface area (Å²) in [6.45, 7) is 4.92. The third-order valence-electron chi connectivity index (χ3n) is 5.17. The molecule has 0 unspecified atom stereocenters. The summed E-state index contributed by atoms with van der Waals surface area (Å²) in [5.41, 5.74) is 3.58.